The van der Waals surface area contributed by atoms with Crippen molar-refractivity contribution in [3.63, 3.8) is 0 Å². The molecule has 27 heavy (non-hydrogen) atoms. The average molecular weight is 434 g/mol. The first-order valence-electron chi connectivity index (χ1n) is 8.26. The summed E-state index contributed by atoms with van der Waals surface area (Å²) in [7, 11) is 3.21. The molecule has 2 aromatic rings. The van der Waals surface area contributed by atoms with Gasteiger partial charge in [0.1, 0.15) is 9.88 Å². The minimum Gasteiger partial charge on any atom is -0.493 e. The number of nitrogens with one attached hydrogen (secondary N) is 1. The fraction of sp³-hybridized carbons (Fsp3) is 0.444. The second-order valence-electron chi connectivity index (χ2n) is 6.06. The number of thiazole rings is 1. The van der Waals surface area contributed by atoms with Gasteiger partial charge in [-0.1, -0.05) is 0 Å². The van der Waals surface area contributed by atoms with Gasteiger partial charge in [0.15, 0.2) is 11.5 Å². The number of ether oxygens (including phenoxy) is 2. The third kappa shape index (κ3) is 4.85. The molecule has 0 radical (unpaired) electrons. The van der Waals surface area contributed by atoms with Crippen LogP contribution in [0.15, 0.2) is 18.2 Å². The number of aryl methyl sites for hydroxylation is 1. The van der Waals surface area contributed by atoms with Crippen LogP contribution in [0.4, 0.5) is 0 Å². The summed E-state index contributed by atoms with van der Waals surface area (Å²) < 4.78 is 10.6. The topological polar surface area (TPSA) is 63.7 Å². The molecule has 1 aromatic carbocycles. The predicted molar refractivity (Wildman–Crippen MR) is 113 cm³/mol. The molecule has 1 aliphatic rings. The summed E-state index contributed by atoms with van der Waals surface area (Å²) in [6.45, 7) is 6.34. The maximum atomic E-state index is 12.9. The zero-order valence-corrected chi connectivity index (χ0v) is 18.2. The molecule has 9 heteroatoms. The van der Waals surface area contributed by atoms with E-state index >= 15 is 0 Å². The molecular formula is C18H25Cl2N3O3S. The van der Waals surface area contributed by atoms with Gasteiger partial charge >= 0.3 is 0 Å². The molecule has 1 aromatic heterocycles. The van der Waals surface area contributed by atoms with E-state index in [0.717, 1.165) is 35.9 Å². The van der Waals surface area contributed by atoms with E-state index in [0.29, 0.717) is 16.4 Å². The fourth-order valence-electron chi connectivity index (χ4n) is 2.96. The van der Waals surface area contributed by atoms with Gasteiger partial charge in [-0.3, -0.25) is 4.79 Å². The summed E-state index contributed by atoms with van der Waals surface area (Å²) in [6, 6.07) is 5.86. The van der Waals surface area contributed by atoms with Crippen molar-refractivity contribution in [2.24, 2.45) is 0 Å². The molecule has 1 fully saturated rings. The van der Waals surface area contributed by atoms with Gasteiger partial charge in [0, 0.05) is 31.2 Å². The standard InChI is InChI=1S/C18H23N3O3S.2ClH/c1-11-10-19-7-8-21(11)18(22)16-12(2)20-17(25-16)13-5-6-14(23-3)15(9-13)24-4;;/h5-6,9,11,19H,7-8,10H2,1-4H3;2*1H/t11-;;/m1../s1. The SMILES string of the molecule is COc1ccc(-c2nc(C)c(C(=O)N3CCNC[C@H]3C)s2)cc1OC.Cl.Cl. The number of piperazine rings is 1. The smallest absolute Gasteiger partial charge is 0.266 e. The van der Waals surface area contributed by atoms with Crippen LogP contribution in [0.3, 0.4) is 0 Å². The second kappa shape index (κ2) is 10.1. The minimum absolute atomic E-state index is 0. The Kier molecular flexibility index (Phi) is 8.81. The van der Waals surface area contributed by atoms with Crippen LogP contribution in [0.2, 0.25) is 0 Å². The summed E-state index contributed by atoms with van der Waals surface area (Å²) in [5, 5.41) is 4.12. The highest BCUT2D eigenvalue weighted by molar-refractivity contribution is 7.17. The molecule has 150 valence electrons. The number of rotatable bonds is 4. The first kappa shape index (κ1) is 23.5. The highest BCUT2D eigenvalue weighted by atomic mass is 35.5. The number of carbonyl (C=O) groups excluding carboxylic acids is 1. The minimum atomic E-state index is 0. The Morgan fingerprint density at radius 3 is 2.59 bits per heavy atom. The Labute approximate surface area is 176 Å². The molecule has 2 heterocycles. The number of methoxy groups -OCH3 is 2. The number of benzene rings is 1. The van der Waals surface area contributed by atoms with Crippen molar-refractivity contribution >= 4 is 42.1 Å². The number of hydrogen-bond donors (Lipinski definition) is 1. The van der Waals surface area contributed by atoms with Gasteiger partial charge in [-0.05, 0) is 32.0 Å². The lowest BCUT2D eigenvalue weighted by Gasteiger charge is -2.33. The average Bonchev–Trinajstić information content (AvgIpc) is 3.02. The van der Waals surface area contributed by atoms with Crippen LogP contribution < -0.4 is 14.8 Å². The largest absolute Gasteiger partial charge is 0.493 e. The van der Waals surface area contributed by atoms with Crippen LogP contribution in [0.1, 0.15) is 22.3 Å². The Morgan fingerprint density at radius 2 is 1.96 bits per heavy atom. The van der Waals surface area contributed by atoms with Gasteiger partial charge < -0.3 is 19.7 Å². The number of hydrogen-bond acceptors (Lipinski definition) is 6. The highest BCUT2D eigenvalue weighted by Gasteiger charge is 2.27. The summed E-state index contributed by atoms with van der Waals surface area (Å²) in [5.74, 6) is 1.39. The van der Waals surface area contributed by atoms with Crippen LogP contribution in [0.25, 0.3) is 10.6 Å². The molecule has 0 unspecified atom stereocenters. The molecule has 1 aliphatic heterocycles. The molecule has 6 nitrogen and oxygen atoms in total. The Bertz CT molecular complexity index is 785. The van der Waals surface area contributed by atoms with Gasteiger partial charge in [0.05, 0.1) is 19.9 Å². The number of carbonyl (C=O) groups is 1. The first-order chi connectivity index (χ1) is 12.0. The van der Waals surface area contributed by atoms with Gasteiger partial charge in [-0.15, -0.1) is 36.2 Å². The van der Waals surface area contributed by atoms with E-state index in [1.165, 1.54) is 11.3 Å². The van der Waals surface area contributed by atoms with Crippen molar-refractivity contribution in [1.29, 1.82) is 0 Å². The lowest BCUT2D eigenvalue weighted by Crippen LogP contribution is -2.52. The van der Waals surface area contributed by atoms with Gasteiger partial charge in [0.2, 0.25) is 0 Å². The monoisotopic (exact) mass is 433 g/mol. The fourth-order valence-corrected chi connectivity index (χ4v) is 3.98. The molecule has 1 saturated heterocycles. The third-order valence-corrected chi connectivity index (χ3v) is 5.58. The predicted octanol–water partition coefficient (Wildman–Crippen LogP) is 3.41. The number of nitrogens with zero attached hydrogens (tertiary/aromatic N) is 2. The van der Waals surface area contributed by atoms with Crippen molar-refractivity contribution < 1.29 is 14.3 Å². The zero-order valence-electron chi connectivity index (χ0n) is 15.8. The molecule has 1 atom stereocenters. The lowest BCUT2D eigenvalue weighted by molar-refractivity contribution is 0.0660. The van der Waals surface area contributed by atoms with Crippen molar-refractivity contribution in [1.82, 2.24) is 15.2 Å². The van der Waals surface area contributed by atoms with E-state index < -0.39 is 0 Å². The molecule has 0 saturated carbocycles. The first-order valence-corrected chi connectivity index (χ1v) is 9.08. The summed E-state index contributed by atoms with van der Waals surface area (Å²) in [4.78, 5) is 20.2. The molecular weight excluding hydrogens is 409 g/mol. The summed E-state index contributed by atoms with van der Waals surface area (Å²) in [6.07, 6.45) is 0. The van der Waals surface area contributed by atoms with Gasteiger partial charge in [0.25, 0.3) is 5.91 Å². The quantitative estimate of drug-likeness (QED) is 0.799. The van der Waals surface area contributed by atoms with E-state index in [2.05, 4.69) is 17.2 Å². The van der Waals surface area contributed by atoms with Crippen molar-refractivity contribution in [3.05, 3.63) is 28.8 Å². The molecule has 1 N–H and O–H groups in total. The van der Waals surface area contributed by atoms with E-state index in [1.54, 1.807) is 14.2 Å². The van der Waals surface area contributed by atoms with E-state index in [4.69, 9.17) is 9.47 Å². The molecule has 0 aliphatic carbocycles. The molecule has 0 spiro atoms. The van der Waals surface area contributed by atoms with E-state index in [1.807, 2.05) is 30.0 Å². The molecule has 1 amide bonds. The number of amides is 1. The van der Waals surface area contributed by atoms with Crippen LogP contribution in [-0.2, 0) is 0 Å². The second-order valence-corrected chi connectivity index (χ2v) is 7.05. The van der Waals surface area contributed by atoms with Gasteiger partial charge in [-0.25, -0.2) is 4.98 Å². The lowest BCUT2D eigenvalue weighted by atomic mass is 10.2. The van der Waals surface area contributed by atoms with E-state index in [9.17, 15) is 4.79 Å². The summed E-state index contributed by atoms with van der Waals surface area (Å²) in [5.41, 5.74) is 1.68. The van der Waals surface area contributed by atoms with Gasteiger partial charge in [-0.2, -0.15) is 0 Å². The molecule has 0 bridgehead atoms. The third-order valence-electron chi connectivity index (χ3n) is 4.38. The Balaban J connectivity index is 0.00000182. The molecule has 3 rings (SSSR count). The van der Waals surface area contributed by atoms with E-state index in [-0.39, 0.29) is 36.8 Å². The Morgan fingerprint density at radius 1 is 1.26 bits per heavy atom. The van der Waals surface area contributed by atoms with Crippen molar-refractivity contribution in [2.75, 3.05) is 33.9 Å². The zero-order chi connectivity index (χ0) is 18.0. The van der Waals surface area contributed by atoms with Crippen LogP contribution in [0, 0.1) is 6.92 Å². The highest BCUT2D eigenvalue weighted by Crippen LogP contribution is 2.35. The maximum Gasteiger partial charge on any atom is 0.266 e. The summed E-state index contributed by atoms with van der Waals surface area (Å²) >= 11 is 1.43. The van der Waals surface area contributed by atoms with Crippen LogP contribution in [0.5, 0.6) is 11.5 Å². The van der Waals surface area contributed by atoms with Crippen LogP contribution >= 0.6 is 36.2 Å². The van der Waals surface area contributed by atoms with Crippen molar-refractivity contribution in [2.45, 2.75) is 19.9 Å². The Hall–Kier alpha value is -1.54. The van der Waals surface area contributed by atoms with Crippen molar-refractivity contribution in [3.8, 4) is 22.1 Å². The normalized spacial score (nSPS) is 16.1. The van der Waals surface area contributed by atoms with Crippen LogP contribution in [-0.4, -0.2) is 55.7 Å². The number of halogens is 2. The number of aromatic nitrogens is 1. The maximum absolute atomic E-state index is 12.9.